The molecule has 76 valence electrons. The summed E-state index contributed by atoms with van der Waals surface area (Å²) in [5.74, 6) is -0.0127. The van der Waals surface area contributed by atoms with Gasteiger partial charge in [-0.25, -0.2) is 0 Å². The molecule has 1 aromatic rings. The molecule has 0 saturated heterocycles. The Balaban J connectivity index is 2.65. The normalized spacial score (nSPS) is 12.2. The molecular formula is C10H11BrINO. The number of halogens is 2. The fraction of sp³-hybridized carbons (Fsp3) is 0.300. The van der Waals surface area contributed by atoms with E-state index in [4.69, 9.17) is 0 Å². The maximum Gasteiger partial charge on any atom is 0.252 e. The summed E-state index contributed by atoms with van der Waals surface area (Å²) in [7, 11) is 0. The van der Waals surface area contributed by atoms with Crippen LogP contribution in [0, 0.1) is 3.57 Å². The highest BCUT2D eigenvalue weighted by atomic mass is 127. The first kappa shape index (κ1) is 12.0. The molecular weight excluding hydrogens is 357 g/mol. The SMILES string of the molecule is CC(Br)CNC(=O)c1ccccc1I. The summed E-state index contributed by atoms with van der Waals surface area (Å²) < 4.78 is 0.977. The summed E-state index contributed by atoms with van der Waals surface area (Å²) in [4.78, 5) is 11.9. The van der Waals surface area contributed by atoms with E-state index in [2.05, 4.69) is 43.8 Å². The highest BCUT2D eigenvalue weighted by Crippen LogP contribution is 2.11. The van der Waals surface area contributed by atoms with Gasteiger partial charge in [0.15, 0.2) is 0 Å². The molecule has 1 N–H and O–H groups in total. The van der Waals surface area contributed by atoms with E-state index in [9.17, 15) is 4.79 Å². The van der Waals surface area contributed by atoms with Gasteiger partial charge in [0.25, 0.3) is 5.91 Å². The van der Waals surface area contributed by atoms with Crippen molar-refractivity contribution in [1.29, 1.82) is 0 Å². The van der Waals surface area contributed by atoms with Crippen LogP contribution in [-0.4, -0.2) is 17.3 Å². The fourth-order valence-electron chi connectivity index (χ4n) is 0.974. The van der Waals surface area contributed by atoms with E-state index < -0.39 is 0 Å². The average Bonchev–Trinajstić information content (AvgIpc) is 2.15. The van der Waals surface area contributed by atoms with Gasteiger partial charge >= 0.3 is 0 Å². The summed E-state index contributed by atoms with van der Waals surface area (Å²) in [6.45, 7) is 2.64. The van der Waals surface area contributed by atoms with Crippen molar-refractivity contribution in [2.24, 2.45) is 0 Å². The molecule has 0 radical (unpaired) electrons. The number of rotatable bonds is 3. The van der Waals surface area contributed by atoms with Gasteiger partial charge in [0.05, 0.1) is 5.56 Å². The second kappa shape index (κ2) is 5.70. The fourth-order valence-corrected chi connectivity index (χ4v) is 1.77. The molecule has 1 amide bonds. The van der Waals surface area contributed by atoms with E-state index in [1.54, 1.807) is 0 Å². The Morgan fingerprint density at radius 2 is 2.21 bits per heavy atom. The lowest BCUT2D eigenvalue weighted by molar-refractivity contribution is 0.0953. The van der Waals surface area contributed by atoms with Crippen molar-refractivity contribution in [2.75, 3.05) is 6.54 Å². The summed E-state index contributed by atoms with van der Waals surface area (Å²) >= 11 is 5.54. The summed E-state index contributed by atoms with van der Waals surface area (Å²) in [5, 5.41) is 2.85. The maximum absolute atomic E-state index is 11.6. The zero-order valence-corrected chi connectivity index (χ0v) is 11.5. The Bertz CT molecular complexity index is 328. The quantitative estimate of drug-likeness (QED) is 0.646. The van der Waals surface area contributed by atoms with Crippen LogP contribution >= 0.6 is 38.5 Å². The molecule has 1 aromatic carbocycles. The van der Waals surface area contributed by atoms with Gasteiger partial charge in [-0.3, -0.25) is 4.79 Å². The van der Waals surface area contributed by atoms with Crippen LogP contribution in [0.25, 0.3) is 0 Å². The highest BCUT2D eigenvalue weighted by molar-refractivity contribution is 14.1. The lowest BCUT2D eigenvalue weighted by Gasteiger charge is -2.07. The number of carbonyl (C=O) groups is 1. The summed E-state index contributed by atoms with van der Waals surface area (Å²) in [5.41, 5.74) is 0.737. The van der Waals surface area contributed by atoms with Crippen LogP contribution in [0.4, 0.5) is 0 Å². The lowest BCUT2D eigenvalue weighted by Crippen LogP contribution is -2.28. The van der Waals surface area contributed by atoms with Crippen LogP contribution in [-0.2, 0) is 0 Å². The molecule has 0 aliphatic rings. The Kier molecular flexibility index (Phi) is 4.88. The van der Waals surface area contributed by atoms with Crippen LogP contribution in [0.15, 0.2) is 24.3 Å². The Morgan fingerprint density at radius 1 is 1.57 bits per heavy atom. The molecule has 0 spiro atoms. The van der Waals surface area contributed by atoms with Crippen LogP contribution in [0.2, 0.25) is 0 Å². The van der Waals surface area contributed by atoms with Crippen LogP contribution in [0.5, 0.6) is 0 Å². The van der Waals surface area contributed by atoms with Crippen LogP contribution in [0.3, 0.4) is 0 Å². The van der Waals surface area contributed by atoms with Gasteiger partial charge in [-0.15, -0.1) is 0 Å². The van der Waals surface area contributed by atoms with E-state index in [-0.39, 0.29) is 5.91 Å². The minimum absolute atomic E-state index is 0.0127. The number of alkyl halides is 1. The Labute approximate surface area is 106 Å². The summed E-state index contributed by atoms with van der Waals surface area (Å²) in [6, 6.07) is 7.54. The van der Waals surface area contributed by atoms with E-state index in [1.165, 1.54) is 0 Å². The zero-order chi connectivity index (χ0) is 10.6. The number of benzene rings is 1. The van der Waals surface area contributed by atoms with Crippen molar-refractivity contribution >= 4 is 44.4 Å². The first-order chi connectivity index (χ1) is 6.61. The number of carbonyl (C=O) groups excluding carboxylic acids is 1. The predicted octanol–water partition coefficient (Wildman–Crippen LogP) is 2.80. The van der Waals surface area contributed by atoms with E-state index in [0.717, 1.165) is 9.13 Å². The molecule has 0 heterocycles. The monoisotopic (exact) mass is 367 g/mol. The van der Waals surface area contributed by atoms with Gasteiger partial charge in [-0.2, -0.15) is 0 Å². The maximum atomic E-state index is 11.6. The molecule has 1 unspecified atom stereocenters. The first-order valence-electron chi connectivity index (χ1n) is 4.28. The molecule has 1 rings (SSSR count). The van der Waals surface area contributed by atoms with Crippen molar-refractivity contribution < 1.29 is 4.79 Å². The molecule has 2 nitrogen and oxygen atoms in total. The van der Waals surface area contributed by atoms with Crippen molar-refractivity contribution in [3.05, 3.63) is 33.4 Å². The largest absolute Gasteiger partial charge is 0.351 e. The second-order valence-corrected chi connectivity index (χ2v) is 5.70. The number of hydrogen-bond donors (Lipinski definition) is 1. The minimum atomic E-state index is -0.0127. The average molecular weight is 368 g/mol. The topological polar surface area (TPSA) is 29.1 Å². The van der Waals surface area contributed by atoms with Gasteiger partial charge < -0.3 is 5.32 Å². The van der Waals surface area contributed by atoms with Crippen molar-refractivity contribution in [2.45, 2.75) is 11.8 Å². The highest BCUT2D eigenvalue weighted by Gasteiger charge is 2.08. The van der Waals surface area contributed by atoms with Crippen LogP contribution in [0.1, 0.15) is 17.3 Å². The standard InChI is InChI=1S/C10H11BrINO/c1-7(11)6-13-10(14)8-4-2-3-5-9(8)12/h2-5,7H,6H2,1H3,(H,13,14). The van der Waals surface area contributed by atoms with Crippen molar-refractivity contribution in [3.8, 4) is 0 Å². The number of nitrogens with one attached hydrogen (secondary N) is 1. The van der Waals surface area contributed by atoms with Gasteiger partial charge in [0, 0.05) is 14.9 Å². The molecule has 0 aromatic heterocycles. The molecule has 0 saturated carbocycles. The Hall–Kier alpha value is -0.100. The molecule has 0 bridgehead atoms. The smallest absolute Gasteiger partial charge is 0.252 e. The molecule has 4 heteroatoms. The van der Waals surface area contributed by atoms with Crippen molar-refractivity contribution in [1.82, 2.24) is 5.32 Å². The third-order valence-corrected chi connectivity index (χ3v) is 2.93. The molecule has 1 atom stereocenters. The van der Waals surface area contributed by atoms with E-state index >= 15 is 0 Å². The van der Waals surface area contributed by atoms with Gasteiger partial charge in [0.1, 0.15) is 0 Å². The second-order valence-electron chi connectivity index (χ2n) is 2.97. The van der Waals surface area contributed by atoms with Crippen LogP contribution < -0.4 is 5.32 Å². The molecule has 0 fully saturated rings. The minimum Gasteiger partial charge on any atom is -0.351 e. The molecule has 0 aliphatic carbocycles. The summed E-state index contributed by atoms with van der Waals surface area (Å²) in [6.07, 6.45) is 0. The third kappa shape index (κ3) is 3.57. The van der Waals surface area contributed by atoms with E-state index in [0.29, 0.717) is 11.4 Å². The van der Waals surface area contributed by atoms with Gasteiger partial charge in [-0.05, 0) is 34.7 Å². The number of hydrogen-bond acceptors (Lipinski definition) is 1. The predicted molar refractivity (Wildman–Crippen MR) is 69.9 cm³/mol. The number of amides is 1. The van der Waals surface area contributed by atoms with Gasteiger partial charge in [-0.1, -0.05) is 35.0 Å². The zero-order valence-electron chi connectivity index (χ0n) is 7.76. The van der Waals surface area contributed by atoms with Crippen molar-refractivity contribution in [3.63, 3.8) is 0 Å². The lowest BCUT2D eigenvalue weighted by atomic mass is 10.2. The van der Waals surface area contributed by atoms with Gasteiger partial charge in [0.2, 0.25) is 0 Å². The molecule has 14 heavy (non-hydrogen) atoms. The van der Waals surface area contributed by atoms with E-state index in [1.807, 2.05) is 31.2 Å². The third-order valence-electron chi connectivity index (χ3n) is 1.66. The molecule has 0 aliphatic heterocycles. The Morgan fingerprint density at radius 3 is 2.79 bits per heavy atom. The first-order valence-corrected chi connectivity index (χ1v) is 6.27.